The van der Waals surface area contributed by atoms with E-state index in [1.807, 2.05) is 76.6 Å². The van der Waals surface area contributed by atoms with Crippen molar-refractivity contribution in [3.05, 3.63) is 148 Å². The first-order chi connectivity index (χ1) is 28.8. The molecule has 1 saturated heterocycles. The van der Waals surface area contributed by atoms with Crippen molar-refractivity contribution in [1.82, 2.24) is 30.5 Å². The van der Waals surface area contributed by atoms with E-state index in [1.165, 1.54) is 39.8 Å². The number of hydrogen-bond acceptors (Lipinski definition) is 8. The summed E-state index contributed by atoms with van der Waals surface area (Å²) >= 11 is 0. The van der Waals surface area contributed by atoms with Crippen molar-refractivity contribution in [3.63, 3.8) is 0 Å². The van der Waals surface area contributed by atoms with Crippen molar-refractivity contribution in [2.24, 2.45) is 0 Å². The molecule has 9 nitrogen and oxygen atoms in total. The maximum atomic E-state index is 15.0. The van der Waals surface area contributed by atoms with Gasteiger partial charge in [0.15, 0.2) is 6.29 Å². The van der Waals surface area contributed by atoms with E-state index < -0.39 is 35.5 Å². The molecule has 2 heterocycles. The summed E-state index contributed by atoms with van der Waals surface area (Å²) < 4.78 is 86.3. The number of aromatic amines is 1. The number of aromatic nitrogens is 3. The van der Waals surface area contributed by atoms with E-state index in [0.29, 0.717) is 48.7 Å². The number of halogens is 5. The minimum Gasteiger partial charge on any atom is -0.486 e. The Morgan fingerprint density at radius 2 is 1.39 bits per heavy atom. The lowest BCUT2D eigenvalue weighted by Crippen LogP contribution is -2.46. The predicted octanol–water partition coefficient (Wildman–Crippen LogP) is 10.4. The van der Waals surface area contributed by atoms with Gasteiger partial charge in [0.1, 0.15) is 34.6 Å². The van der Waals surface area contributed by atoms with E-state index in [4.69, 9.17) is 14.2 Å². The summed E-state index contributed by atoms with van der Waals surface area (Å²) in [6.07, 6.45) is -4.89. The van der Waals surface area contributed by atoms with E-state index in [-0.39, 0.29) is 12.1 Å². The lowest BCUT2D eigenvalue weighted by molar-refractivity contribution is -0.231. The van der Waals surface area contributed by atoms with Gasteiger partial charge in [-0.1, -0.05) is 72.8 Å². The molecule has 1 unspecified atom stereocenters. The molecule has 2 N–H and O–H groups in total. The molecule has 6 rings (SSSR count). The van der Waals surface area contributed by atoms with E-state index in [2.05, 4.69) is 42.7 Å². The SMILES string of the molecule is CNCCC(Oc1ccc(C(F)(F)F)cc1)c1ccccc1.C[C@@H](O[C@H]1OCCN(Cc2n[nH]nc2CN(C)C)[C@H]1c1ccccc1)c1cc(C(C)(C)F)cc(C(C)(C)F)c1. The fourth-order valence-electron chi connectivity index (χ4n) is 6.99. The molecular formula is C47H59F5N6O3. The van der Waals surface area contributed by atoms with Gasteiger partial charge >= 0.3 is 6.18 Å². The maximum absolute atomic E-state index is 15.0. The molecule has 330 valence electrons. The number of morpholine rings is 1. The molecule has 61 heavy (non-hydrogen) atoms. The molecule has 14 heteroatoms. The fraction of sp³-hybridized carbons (Fsp3) is 0.447. The third kappa shape index (κ3) is 13.6. The van der Waals surface area contributed by atoms with E-state index >= 15 is 8.78 Å². The van der Waals surface area contributed by atoms with Crippen LogP contribution in [-0.2, 0) is 40.1 Å². The second kappa shape index (κ2) is 20.9. The van der Waals surface area contributed by atoms with Gasteiger partial charge < -0.3 is 24.4 Å². The third-order valence-electron chi connectivity index (χ3n) is 10.4. The number of alkyl halides is 5. The Hall–Kier alpha value is -4.73. The van der Waals surface area contributed by atoms with Crippen LogP contribution in [0, 0.1) is 0 Å². The molecule has 1 aliphatic rings. The summed E-state index contributed by atoms with van der Waals surface area (Å²) in [4.78, 5) is 4.35. The first-order valence-electron chi connectivity index (χ1n) is 20.5. The largest absolute Gasteiger partial charge is 0.486 e. The zero-order valence-electron chi connectivity index (χ0n) is 36.3. The third-order valence-corrected chi connectivity index (χ3v) is 10.4. The Morgan fingerprint density at radius 3 is 1.95 bits per heavy atom. The standard InChI is InChI=1S/C30H41F2N5O2.C17H18F3NO/c1-20(22-15-23(29(2,3)31)17-24(16-22)30(4,5)32)39-28-27(21-11-9-8-10-12-21)37(13-14-38-28)19-26-25(18-36(6)7)33-35-34-26;1-21-12-11-16(13-5-3-2-4-6-13)22-15-9-7-14(8-10-15)17(18,19)20/h8-12,15-17,20,27-28H,13-14,18-19H2,1-7H3,(H,33,34,35);2-10,16,21H,11-12H2,1H3/t20-,27+,28-;/m1./s1. The smallest absolute Gasteiger partial charge is 0.416 e. The van der Waals surface area contributed by atoms with E-state index in [9.17, 15) is 13.2 Å². The molecule has 1 fully saturated rings. The highest BCUT2D eigenvalue weighted by atomic mass is 19.4. The first kappa shape index (κ1) is 47.3. The topological polar surface area (TPSA) is 87.8 Å². The Labute approximate surface area is 356 Å². The number of rotatable bonds is 16. The van der Waals surface area contributed by atoms with Crippen molar-refractivity contribution in [2.45, 2.75) is 96.2 Å². The minimum atomic E-state index is -4.33. The molecule has 4 atom stereocenters. The van der Waals surface area contributed by atoms with Crippen LogP contribution in [0.4, 0.5) is 22.0 Å². The van der Waals surface area contributed by atoms with Crippen LogP contribution in [0.25, 0.3) is 0 Å². The second-order valence-corrected chi connectivity index (χ2v) is 16.5. The van der Waals surface area contributed by atoms with Crippen molar-refractivity contribution >= 4 is 0 Å². The summed E-state index contributed by atoms with van der Waals surface area (Å²) in [5.41, 5.74) is 1.45. The van der Waals surface area contributed by atoms with Gasteiger partial charge in [0.2, 0.25) is 0 Å². The average molecular weight is 851 g/mol. The van der Waals surface area contributed by atoms with Gasteiger partial charge in [0.05, 0.1) is 24.3 Å². The summed E-state index contributed by atoms with van der Waals surface area (Å²) in [7, 11) is 5.85. The number of H-pyrrole nitrogens is 1. The predicted molar refractivity (Wildman–Crippen MR) is 227 cm³/mol. The summed E-state index contributed by atoms with van der Waals surface area (Å²) in [5.74, 6) is 0.429. The molecule has 0 spiro atoms. The number of nitrogens with zero attached hydrogens (tertiary/aromatic N) is 4. The Bertz CT molecular complexity index is 2040. The minimum absolute atomic E-state index is 0.203. The number of benzene rings is 4. The monoisotopic (exact) mass is 850 g/mol. The van der Waals surface area contributed by atoms with Crippen LogP contribution in [0.5, 0.6) is 5.75 Å². The molecule has 1 aliphatic heterocycles. The highest BCUT2D eigenvalue weighted by Gasteiger charge is 2.37. The number of hydrogen-bond donors (Lipinski definition) is 2. The van der Waals surface area contributed by atoms with Crippen LogP contribution in [-0.4, -0.2) is 72.3 Å². The molecule has 5 aromatic rings. The highest BCUT2D eigenvalue weighted by Crippen LogP contribution is 2.38. The van der Waals surface area contributed by atoms with Gasteiger partial charge in [0.25, 0.3) is 0 Å². The lowest BCUT2D eigenvalue weighted by Gasteiger charge is -2.42. The van der Waals surface area contributed by atoms with Crippen molar-refractivity contribution in [2.75, 3.05) is 40.8 Å². The second-order valence-electron chi connectivity index (χ2n) is 16.5. The molecule has 0 radical (unpaired) electrons. The van der Waals surface area contributed by atoms with Crippen LogP contribution >= 0.6 is 0 Å². The normalized spacial score (nSPS) is 17.4. The quantitative estimate of drug-likeness (QED) is 0.0950. The van der Waals surface area contributed by atoms with Crippen LogP contribution in [0.15, 0.2) is 103 Å². The summed E-state index contributed by atoms with van der Waals surface area (Å²) in [5, 5.41) is 14.6. The van der Waals surface area contributed by atoms with Crippen LogP contribution in [0.3, 0.4) is 0 Å². The molecule has 0 saturated carbocycles. The molecule has 0 bridgehead atoms. The van der Waals surface area contributed by atoms with Gasteiger partial charge in [0, 0.05) is 26.1 Å². The Balaban J connectivity index is 0.000000271. The van der Waals surface area contributed by atoms with Crippen LogP contribution in [0.2, 0.25) is 0 Å². The van der Waals surface area contributed by atoms with Gasteiger partial charge in [-0.3, -0.25) is 4.90 Å². The number of ether oxygens (including phenoxy) is 3. The molecule has 4 aromatic carbocycles. The van der Waals surface area contributed by atoms with Crippen molar-refractivity contribution in [1.29, 1.82) is 0 Å². The van der Waals surface area contributed by atoms with Gasteiger partial charge in [-0.25, -0.2) is 8.78 Å². The number of nitrogens with one attached hydrogen (secondary N) is 2. The Kier molecular flexibility index (Phi) is 16.2. The van der Waals surface area contributed by atoms with Crippen LogP contribution in [0.1, 0.15) is 104 Å². The van der Waals surface area contributed by atoms with Crippen molar-refractivity contribution in [3.8, 4) is 5.75 Å². The first-order valence-corrected chi connectivity index (χ1v) is 20.5. The maximum Gasteiger partial charge on any atom is 0.416 e. The van der Waals surface area contributed by atoms with Gasteiger partial charge in [-0.05, 0) is 120 Å². The fourth-order valence-corrected chi connectivity index (χ4v) is 6.99. The zero-order chi connectivity index (χ0) is 44.4. The molecule has 0 aliphatic carbocycles. The summed E-state index contributed by atoms with van der Waals surface area (Å²) in [6.45, 7) is 11.0. The van der Waals surface area contributed by atoms with E-state index in [0.717, 1.165) is 47.6 Å². The highest BCUT2D eigenvalue weighted by molar-refractivity contribution is 5.37. The Morgan fingerprint density at radius 1 is 0.803 bits per heavy atom. The average Bonchev–Trinajstić information content (AvgIpc) is 3.64. The van der Waals surface area contributed by atoms with E-state index in [1.54, 1.807) is 18.2 Å². The summed E-state index contributed by atoms with van der Waals surface area (Å²) in [6, 6.07) is 29.4. The molecule has 0 amide bonds. The zero-order valence-corrected chi connectivity index (χ0v) is 36.3. The van der Waals surface area contributed by atoms with Crippen LogP contribution < -0.4 is 10.1 Å². The van der Waals surface area contributed by atoms with Gasteiger partial charge in [-0.2, -0.15) is 28.6 Å². The molecular weight excluding hydrogens is 792 g/mol. The van der Waals surface area contributed by atoms with Gasteiger partial charge in [-0.15, -0.1) is 0 Å². The van der Waals surface area contributed by atoms with Crippen molar-refractivity contribution < 1.29 is 36.2 Å². The lowest BCUT2D eigenvalue weighted by atomic mass is 9.89. The molecule has 1 aromatic heterocycles.